The van der Waals surface area contributed by atoms with E-state index in [0.717, 1.165) is 6.92 Å². The summed E-state index contributed by atoms with van der Waals surface area (Å²) < 4.78 is 48.0. The van der Waals surface area contributed by atoms with Gasteiger partial charge in [0.1, 0.15) is 0 Å². The number of cyclic esters (lactones) is 1. The molecule has 0 spiro atoms. The van der Waals surface area contributed by atoms with Crippen LogP contribution in [0.1, 0.15) is 13.8 Å². The van der Waals surface area contributed by atoms with Gasteiger partial charge >= 0.3 is 18.1 Å². The monoisotopic (exact) mass is 252 g/mol. The Labute approximate surface area is 95.1 Å². The Hall–Kier alpha value is -1.27. The van der Waals surface area contributed by atoms with Gasteiger partial charge in [-0.25, -0.2) is 0 Å². The van der Waals surface area contributed by atoms with Crippen LogP contribution in [-0.4, -0.2) is 31.3 Å². The fourth-order valence-electron chi connectivity index (χ4n) is 2.73. The van der Waals surface area contributed by atoms with Crippen molar-refractivity contribution in [2.75, 3.05) is 13.2 Å². The molecule has 2 fully saturated rings. The minimum Gasteiger partial charge on any atom is -0.465 e. The predicted molar refractivity (Wildman–Crippen MR) is 47.7 cm³/mol. The Morgan fingerprint density at radius 3 is 2.59 bits per heavy atom. The van der Waals surface area contributed by atoms with Gasteiger partial charge in [0.05, 0.1) is 18.6 Å². The zero-order chi connectivity index (χ0) is 13.1. The zero-order valence-corrected chi connectivity index (χ0v) is 9.26. The molecule has 96 valence electrons. The van der Waals surface area contributed by atoms with Crippen LogP contribution in [0.5, 0.6) is 0 Å². The summed E-state index contributed by atoms with van der Waals surface area (Å²) in [6.45, 7) is 1.88. The average molecular weight is 252 g/mol. The normalized spacial score (nSPS) is 39.6. The fraction of sp³-hybridized carbons (Fsp3) is 0.800. The summed E-state index contributed by atoms with van der Waals surface area (Å²) in [5.41, 5.74) is -4.54. The number of carbonyl (C=O) groups is 2. The van der Waals surface area contributed by atoms with E-state index in [4.69, 9.17) is 0 Å². The van der Waals surface area contributed by atoms with Crippen molar-refractivity contribution in [3.05, 3.63) is 0 Å². The highest BCUT2D eigenvalue weighted by Crippen LogP contribution is 2.78. The van der Waals surface area contributed by atoms with Crippen molar-refractivity contribution >= 4 is 11.9 Å². The molecule has 7 heteroatoms. The van der Waals surface area contributed by atoms with Crippen LogP contribution < -0.4 is 0 Å². The first kappa shape index (κ1) is 12.2. The van der Waals surface area contributed by atoms with Gasteiger partial charge in [0, 0.05) is 5.92 Å². The van der Waals surface area contributed by atoms with Crippen molar-refractivity contribution < 1.29 is 32.2 Å². The van der Waals surface area contributed by atoms with E-state index in [2.05, 4.69) is 9.47 Å². The summed E-state index contributed by atoms with van der Waals surface area (Å²) in [6, 6.07) is 0. The molecule has 4 nitrogen and oxygen atoms in total. The quantitative estimate of drug-likeness (QED) is 0.549. The number of hydrogen-bond donors (Lipinski definition) is 0. The van der Waals surface area contributed by atoms with Crippen LogP contribution in [0.25, 0.3) is 0 Å². The van der Waals surface area contributed by atoms with Crippen LogP contribution in [-0.2, 0) is 19.1 Å². The van der Waals surface area contributed by atoms with E-state index in [9.17, 15) is 22.8 Å². The molecule has 2 aliphatic rings. The minimum atomic E-state index is -4.64. The second-order valence-electron chi connectivity index (χ2n) is 4.38. The second kappa shape index (κ2) is 3.14. The van der Waals surface area contributed by atoms with Crippen molar-refractivity contribution in [3.63, 3.8) is 0 Å². The maximum absolute atomic E-state index is 12.9. The summed E-state index contributed by atoms with van der Waals surface area (Å²) in [7, 11) is 0. The average Bonchev–Trinajstić information content (AvgIpc) is 2.57. The number of fused-ring (bicyclic) bond motifs is 1. The zero-order valence-electron chi connectivity index (χ0n) is 9.26. The second-order valence-corrected chi connectivity index (χ2v) is 4.38. The Bertz CT molecular complexity index is 392. The van der Waals surface area contributed by atoms with Gasteiger partial charge in [0.15, 0.2) is 5.41 Å². The first-order chi connectivity index (χ1) is 7.74. The third-order valence-electron chi connectivity index (χ3n) is 3.84. The standard InChI is InChI=1S/C10H11F3O4/c1-3-16-6(14)9-5(4-17-7(9)15)8(9,2)10(11,12)13/h5H,3-4H2,1-2H3/t5-,8+,9-/m1/s1. The Kier molecular flexibility index (Phi) is 2.25. The number of rotatable bonds is 2. The first-order valence-electron chi connectivity index (χ1n) is 5.15. The lowest BCUT2D eigenvalue weighted by Crippen LogP contribution is -2.39. The molecule has 0 aromatic carbocycles. The van der Waals surface area contributed by atoms with Crippen LogP contribution in [0.2, 0.25) is 0 Å². The number of halogens is 3. The van der Waals surface area contributed by atoms with E-state index in [1.54, 1.807) is 0 Å². The molecule has 1 saturated heterocycles. The fourth-order valence-corrected chi connectivity index (χ4v) is 2.73. The van der Waals surface area contributed by atoms with E-state index in [1.165, 1.54) is 6.92 Å². The third-order valence-corrected chi connectivity index (χ3v) is 3.84. The van der Waals surface area contributed by atoms with Gasteiger partial charge in [-0.3, -0.25) is 9.59 Å². The molecule has 1 aliphatic carbocycles. The molecule has 1 saturated carbocycles. The van der Waals surface area contributed by atoms with Crippen molar-refractivity contribution in [1.29, 1.82) is 0 Å². The summed E-state index contributed by atoms with van der Waals surface area (Å²) in [6.07, 6.45) is -4.64. The van der Waals surface area contributed by atoms with Gasteiger partial charge in [0.2, 0.25) is 0 Å². The predicted octanol–water partition coefficient (Wildman–Crippen LogP) is 1.29. The minimum absolute atomic E-state index is 0.0749. The molecule has 1 heterocycles. The van der Waals surface area contributed by atoms with E-state index in [-0.39, 0.29) is 13.2 Å². The largest absolute Gasteiger partial charge is 0.465 e. The molecule has 2 rings (SSSR count). The van der Waals surface area contributed by atoms with Crippen molar-refractivity contribution in [3.8, 4) is 0 Å². The molecule has 3 atom stereocenters. The van der Waals surface area contributed by atoms with Crippen LogP contribution in [0.3, 0.4) is 0 Å². The lowest BCUT2D eigenvalue weighted by atomic mass is 9.93. The smallest absolute Gasteiger partial charge is 0.396 e. The molecule has 0 unspecified atom stereocenters. The molecule has 1 aliphatic heterocycles. The van der Waals surface area contributed by atoms with E-state index >= 15 is 0 Å². The number of hydrogen-bond acceptors (Lipinski definition) is 4. The molecule has 0 bridgehead atoms. The first-order valence-corrected chi connectivity index (χ1v) is 5.15. The van der Waals surface area contributed by atoms with Gasteiger partial charge in [-0.2, -0.15) is 13.2 Å². The summed E-state index contributed by atoms with van der Waals surface area (Å²) in [4.78, 5) is 23.2. The van der Waals surface area contributed by atoms with Gasteiger partial charge in [0.25, 0.3) is 0 Å². The van der Waals surface area contributed by atoms with Gasteiger partial charge < -0.3 is 9.47 Å². The highest BCUT2D eigenvalue weighted by atomic mass is 19.4. The van der Waals surface area contributed by atoms with E-state index in [0.29, 0.717) is 0 Å². The molecule has 17 heavy (non-hydrogen) atoms. The molecule has 0 aromatic heterocycles. The van der Waals surface area contributed by atoms with Crippen LogP contribution in [0.4, 0.5) is 13.2 Å². The lowest BCUT2D eigenvalue weighted by molar-refractivity contribution is -0.211. The molecule has 0 aromatic rings. The highest BCUT2D eigenvalue weighted by molar-refractivity contribution is 6.07. The van der Waals surface area contributed by atoms with Crippen LogP contribution in [0, 0.1) is 16.7 Å². The Morgan fingerprint density at radius 2 is 2.18 bits per heavy atom. The molecular formula is C10H11F3O4. The maximum Gasteiger partial charge on any atom is 0.396 e. The third kappa shape index (κ3) is 1.09. The van der Waals surface area contributed by atoms with Crippen molar-refractivity contribution in [1.82, 2.24) is 0 Å². The SMILES string of the molecule is CCOC(=O)[C@@]12C(=O)OC[C@@H]1[C@]2(C)C(F)(F)F. The van der Waals surface area contributed by atoms with Crippen LogP contribution in [0.15, 0.2) is 0 Å². The van der Waals surface area contributed by atoms with Gasteiger partial charge in [-0.15, -0.1) is 0 Å². The molecular weight excluding hydrogens is 241 g/mol. The summed E-state index contributed by atoms with van der Waals surface area (Å²) >= 11 is 0. The lowest BCUT2D eigenvalue weighted by Gasteiger charge is -2.22. The van der Waals surface area contributed by atoms with Gasteiger partial charge in [-0.05, 0) is 13.8 Å². The number of ether oxygens (including phenoxy) is 2. The summed E-state index contributed by atoms with van der Waals surface area (Å²) in [5, 5.41) is 0. The topological polar surface area (TPSA) is 52.6 Å². The Morgan fingerprint density at radius 1 is 1.59 bits per heavy atom. The van der Waals surface area contributed by atoms with E-state index in [1.807, 2.05) is 0 Å². The number of carbonyl (C=O) groups excluding carboxylic acids is 2. The Balaban J connectivity index is 2.42. The van der Waals surface area contributed by atoms with E-state index < -0.39 is 34.9 Å². The highest BCUT2D eigenvalue weighted by Gasteiger charge is 2.95. The van der Waals surface area contributed by atoms with Crippen LogP contribution >= 0.6 is 0 Å². The number of alkyl halides is 3. The van der Waals surface area contributed by atoms with Crippen molar-refractivity contribution in [2.45, 2.75) is 20.0 Å². The van der Waals surface area contributed by atoms with Crippen molar-refractivity contribution in [2.24, 2.45) is 16.7 Å². The molecule has 0 radical (unpaired) electrons. The molecule has 0 N–H and O–H groups in total. The summed E-state index contributed by atoms with van der Waals surface area (Å²) in [5.74, 6) is -3.42. The molecule has 0 amide bonds. The maximum atomic E-state index is 12.9. The number of esters is 2. The van der Waals surface area contributed by atoms with Gasteiger partial charge in [-0.1, -0.05) is 0 Å².